The highest BCUT2D eigenvalue weighted by Crippen LogP contribution is 2.10. The van der Waals surface area contributed by atoms with Gasteiger partial charge in [0.1, 0.15) is 0 Å². The van der Waals surface area contributed by atoms with E-state index >= 15 is 0 Å². The zero-order valence-corrected chi connectivity index (χ0v) is 10.2. The highest BCUT2D eigenvalue weighted by atomic mass is 16.1. The molecule has 1 aromatic rings. The van der Waals surface area contributed by atoms with E-state index in [4.69, 9.17) is 0 Å². The number of benzene rings is 1. The van der Waals surface area contributed by atoms with E-state index in [1.165, 1.54) is 23.6 Å². The van der Waals surface area contributed by atoms with Crippen molar-refractivity contribution >= 4 is 12.0 Å². The molecule has 86 valence electrons. The number of carbonyl (C=O) groups is 1. The van der Waals surface area contributed by atoms with Crippen molar-refractivity contribution in [3.05, 3.63) is 41.0 Å². The number of amides is 1. The summed E-state index contributed by atoms with van der Waals surface area (Å²) in [4.78, 5) is 10.6. The minimum atomic E-state index is 0.0276. The zero-order chi connectivity index (χ0) is 12.0. The van der Waals surface area contributed by atoms with Gasteiger partial charge in [0.05, 0.1) is 0 Å². The van der Waals surface area contributed by atoms with Crippen molar-refractivity contribution < 1.29 is 4.79 Å². The lowest BCUT2D eigenvalue weighted by Crippen LogP contribution is -2.20. The highest BCUT2D eigenvalue weighted by molar-refractivity contribution is 5.72. The summed E-state index contributed by atoms with van der Waals surface area (Å²) in [6.45, 7) is 6.44. The molecule has 0 bridgehead atoms. The van der Waals surface area contributed by atoms with Gasteiger partial charge in [-0.05, 0) is 25.8 Å². The minimum Gasteiger partial charge on any atom is -0.356 e. The fraction of sp³-hybridized carbons (Fsp3) is 0.357. The van der Waals surface area contributed by atoms with Crippen molar-refractivity contribution in [2.45, 2.75) is 27.2 Å². The van der Waals surface area contributed by atoms with Gasteiger partial charge in [-0.2, -0.15) is 0 Å². The summed E-state index contributed by atoms with van der Waals surface area (Å²) in [5.74, 6) is 0.0276. The Bertz CT molecular complexity index is 373. The third-order valence-corrected chi connectivity index (χ3v) is 2.24. The van der Waals surface area contributed by atoms with Crippen LogP contribution in [0.5, 0.6) is 0 Å². The van der Waals surface area contributed by atoms with Gasteiger partial charge >= 0.3 is 0 Å². The molecule has 0 radical (unpaired) electrons. The van der Waals surface area contributed by atoms with Crippen LogP contribution in [0.25, 0.3) is 6.08 Å². The van der Waals surface area contributed by atoms with Gasteiger partial charge in [-0.25, -0.2) is 0 Å². The van der Waals surface area contributed by atoms with E-state index in [0.717, 1.165) is 6.42 Å². The fourth-order valence-corrected chi connectivity index (χ4v) is 1.66. The van der Waals surface area contributed by atoms with E-state index < -0.39 is 0 Å². The van der Waals surface area contributed by atoms with Crippen LogP contribution in [-0.4, -0.2) is 12.5 Å². The normalized spacial score (nSPS) is 10.7. The maximum Gasteiger partial charge on any atom is 0.216 e. The number of nitrogens with one attached hydrogen (secondary N) is 1. The Labute approximate surface area is 97.4 Å². The lowest BCUT2D eigenvalue weighted by molar-refractivity contribution is -0.118. The second kappa shape index (κ2) is 6.11. The van der Waals surface area contributed by atoms with Crippen LogP contribution in [0.2, 0.25) is 0 Å². The molecule has 0 aliphatic carbocycles. The summed E-state index contributed by atoms with van der Waals surface area (Å²) >= 11 is 0. The molecule has 0 aliphatic rings. The summed E-state index contributed by atoms with van der Waals surface area (Å²) < 4.78 is 0. The van der Waals surface area contributed by atoms with Crippen molar-refractivity contribution in [2.24, 2.45) is 0 Å². The van der Waals surface area contributed by atoms with Crippen LogP contribution >= 0.6 is 0 Å². The van der Waals surface area contributed by atoms with Gasteiger partial charge in [-0.3, -0.25) is 4.79 Å². The minimum absolute atomic E-state index is 0.0276. The Balaban J connectivity index is 2.46. The number of hydrogen-bond donors (Lipinski definition) is 1. The third kappa shape index (κ3) is 4.78. The molecule has 0 aromatic heterocycles. The summed E-state index contributed by atoms with van der Waals surface area (Å²) in [7, 11) is 0. The summed E-state index contributed by atoms with van der Waals surface area (Å²) in [6, 6.07) is 6.47. The lowest BCUT2D eigenvalue weighted by atomic mass is 10.1. The van der Waals surface area contributed by atoms with Crippen LogP contribution in [0.15, 0.2) is 24.3 Å². The summed E-state index contributed by atoms with van der Waals surface area (Å²) in [5.41, 5.74) is 3.78. The van der Waals surface area contributed by atoms with Crippen LogP contribution in [-0.2, 0) is 4.79 Å². The second-order valence-corrected chi connectivity index (χ2v) is 4.10. The molecular formula is C14H19NO. The second-order valence-electron chi connectivity index (χ2n) is 4.10. The summed E-state index contributed by atoms with van der Waals surface area (Å²) in [6.07, 6.45) is 5.05. The molecule has 0 spiro atoms. The molecule has 1 rings (SSSR count). The van der Waals surface area contributed by atoms with Gasteiger partial charge in [0.25, 0.3) is 0 Å². The van der Waals surface area contributed by atoms with Crippen LogP contribution in [0.1, 0.15) is 30.0 Å². The van der Waals surface area contributed by atoms with Crippen LogP contribution < -0.4 is 5.32 Å². The summed E-state index contributed by atoms with van der Waals surface area (Å²) in [5, 5.41) is 2.76. The molecule has 2 heteroatoms. The average molecular weight is 217 g/mol. The Morgan fingerprint density at radius 3 is 2.44 bits per heavy atom. The van der Waals surface area contributed by atoms with Gasteiger partial charge in [-0.1, -0.05) is 41.5 Å². The first-order valence-corrected chi connectivity index (χ1v) is 5.57. The largest absolute Gasteiger partial charge is 0.356 e. The van der Waals surface area contributed by atoms with Gasteiger partial charge in [0, 0.05) is 13.5 Å². The first-order valence-electron chi connectivity index (χ1n) is 5.57. The van der Waals surface area contributed by atoms with Crippen molar-refractivity contribution in [1.82, 2.24) is 5.32 Å². The maximum absolute atomic E-state index is 10.6. The monoisotopic (exact) mass is 217 g/mol. The predicted octanol–water partition coefficient (Wildman–Crippen LogP) is 2.84. The molecule has 0 fully saturated rings. The van der Waals surface area contributed by atoms with Crippen molar-refractivity contribution in [3.63, 3.8) is 0 Å². The fourth-order valence-electron chi connectivity index (χ4n) is 1.66. The van der Waals surface area contributed by atoms with E-state index in [1.54, 1.807) is 0 Å². The number of aryl methyl sites for hydroxylation is 2. The molecule has 1 aromatic carbocycles. The van der Waals surface area contributed by atoms with Crippen LogP contribution in [0, 0.1) is 13.8 Å². The first-order chi connectivity index (χ1) is 7.58. The molecule has 0 atom stereocenters. The van der Waals surface area contributed by atoms with Crippen molar-refractivity contribution in [1.29, 1.82) is 0 Å². The third-order valence-electron chi connectivity index (χ3n) is 2.24. The van der Waals surface area contributed by atoms with E-state index in [-0.39, 0.29) is 5.91 Å². The van der Waals surface area contributed by atoms with Gasteiger partial charge < -0.3 is 5.32 Å². The van der Waals surface area contributed by atoms with Crippen LogP contribution in [0.3, 0.4) is 0 Å². The molecule has 16 heavy (non-hydrogen) atoms. The Hall–Kier alpha value is -1.57. The van der Waals surface area contributed by atoms with E-state index in [1.807, 2.05) is 0 Å². The van der Waals surface area contributed by atoms with Crippen LogP contribution in [0.4, 0.5) is 0 Å². The quantitative estimate of drug-likeness (QED) is 0.772. The highest BCUT2D eigenvalue weighted by Gasteiger charge is 1.92. The Morgan fingerprint density at radius 2 is 1.88 bits per heavy atom. The molecular weight excluding hydrogens is 198 g/mol. The molecule has 0 aliphatic heterocycles. The van der Waals surface area contributed by atoms with E-state index in [2.05, 4.69) is 49.5 Å². The first kappa shape index (κ1) is 12.5. The molecule has 0 unspecified atom stereocenters. The van der Waals surface area contributed by atoms with Crippen molar-refractivity contribution in [3.8, 4) is 0 Å². The molecule has 0 heterocycles. The number of carbonyl (C=O) groups excluding carboxylic acids is 1. The predicted molar refractivity (Wildman–Crippen MR) is 68.3 cm³/mol. The SMILES string of the molecule is CC(=O)NCCC=Cc1cc(C)cc(C)c1. The maximum atomic E-state index is 10.6. The van der Waals surface area contributed by atoms with Gasteiger partial charge in [-0.15, -0.1) is 0 Å². The Kier molecular flexibility index (Phi) is 4.77. The lowest BCUT2D eigenvalue weighted by Gasteiger charge is -2.00. The van der Waals surface area contributed by atoms with Crippen molar-refractivity contribution in [2.75, 3.05) is 6.54 Å². The van der Waals surface area contributed by atoms with Gasteiger partial charge in [0.15, 0.2) is 0 Å². The average Bonchev–Trinajstić information content (AvgIpc) is 2.15. The van der Waals surface area contributed by atoms with Gasteiger partial charge in [0.2, 0.25) is 5.91 Å². The number of hydrogen-bond acceptors (Lipinski definition) is 1. The van der Waals surface area contributed by atoms with E-state index in [9.17, 15) is 4.79 Å². The smallest absolute Gasteiger partial charge is 0.216 e. The molecule has 2 nitrogen and oxygen atoms in total. The molecule has 1 amide bonds. The molecule has 0 saturated carbocycles. The topological polar surface area (TPSA) is 29.1 Å². The molecule has 0 saturated heterocycles. The Morgan fingerprint density at radius 1 is 1.25 bits per heavy atom. The van der Waals surface area contributed by atoms with E-state index in [0.29, 0.717) is 6.54 Å². The molecule has 1 N–H and O–H groups in total. The zero-order valence-electron chi connectivity index (χ0n) is 10.2. The standard InChI is InChI=1S/C14H19NO/c1-11-8-12(2)10-14(9-11)6-4-5-7-15-13(3)16/h4,6,8-10H,5,7H2,1-3H3,(H,15,16). The number of rotatable bonds is 4.